The number of hydrogen-bond acceptors (Lipinski definition) is 8. The molecule has 0 fully saturated rings. The topological polar surface area (TPSA) is 117 Å². The molecule has 178 valence electrons. The minimum atomic E-state index is -0.766. The van der Waals surface area contributed by atoms with Crippen molar-refractivity contribution in [1.29, 1.82) is 0 Å². The Morgan fingerprint density at radius 2 is 1.31 bits per heavy atom. The van der Waals surface area contributed by atoms with Crippen molar-refractivity contribution in [3.8, 4) is 11.5 Å². The fourth-order valence-corrected chi connectivity index (χ4v) is 3.75. The molecule has 0 aliphatic carbocycles. The maximum absolute atomic E-state index is 13.1. The SMILES string of the molecule is COC(=O)c1cc(NC(=O)COC(=O)C2c3ccccc3Oc3ccccc32)cc(C(=O)OC)c1. The molecule has 0 bridgehead atoms. The molecule has 35 heavy (non-hydrogen) atoms. The van der Waals surface area contributed by atoms with E-state index in [0.29, 0.717) is 22.6 Å². The Labute approximate surface area is 200 Å². The molecule has 9 nitrogen and oxygen atoms in total. The number of esters is 3. The molecule has 1 N–H and O–H groups in total. The smallest absolute Gasteiger partial charge is 0.337 e. The lowest BCUT2D eigenvalue weighted by Gasteiger charge is -2.26. The van der Waals surface area contributed by atoms with Gasteiger partial charge in [0.25, 0.3) is 5.91 Å². The first-order valence-electron chi connectivity index (χ1n) is 10.5. The molecule has 9 heteroatoms. The minimum Gasteiger partial charge on any atom is -0.465 e. The van der Waals surface area contributed by atoms with Crippen LogP contribution in [0, 0.1) is 0 Å². The lowest BCUT2D eigenvalue weighted by Crippen LogP contribution is -2.26. The molecule has 0 saturated carbocycles. The molecule has 1 amide bonds. The van der Waals surface area contributed by atoms with Crippen LogP contribution in [0.4, 0.5) is 5.69 Å². The van der Waals surface area contributed by atoms with Crippen LogP contribution < -0.4 is 10.1 Å². The van der Waals surface area contributed by atoms with Crippen molar-refractivity contribution in [2.45, 2.75) is 5.92 Å². The number of fused-ring (bicyclic) bond motifs is 2. The Morgan fingerprint density at radius 1 is 0.800 bits per heavy atom. The summed E-state index contributed by atoms with van der Waals surface area (Å²) in [7, 11) is 2.38. The zero-order valence-electron chi connectivity index (χ0n) is 18.9. The highest BCUT2D eigenvalue weighted by molar-refractivity contribution is 6.00. The Hall–Kier alpha value is -4.66. The van der Waals surface area contributed by atoms with Gasteiger partial charge in [-0.3, -0.25) is 9.59 Å². The Bertz CT molecular complexity index is 1240. The van der Waals surface area contributed by atoms with Crippen LogP contribution in [0.25, 0.3) is 0 Å². The second-order valence-electron chi connectivity index (χ2n) is 7.55. The van der Waals surface area contributed by atoms with Crippen LogP contribution in [0.1, 0.15) is 37.8 Å². The van der Waals surface area contributed by atoms with Gasteiger partial charge in [-0.2, -0.15) is 0 Å². The lowest BCUT2D eigenvalue weighted by atomic mass is 9.88. The fourth-order valence-electron chi connectivity index (χ4n) is 3.75. The highest BCUT2D eigenvalue weighted by Crippen LogP contribution is 2.44. The number of rotatable bonds is 6. The average Bonchev–Trinajstić information content (AvgIpc) is 2.89. The summed E-state index contributed by atoms with van der Waals surface area (Å²) in [5, 5.41) is 2.52. The molecule has 1 heterocycles. The third-order valence-electron chi connectivity index (χ3n) is 5.32. The van der Waals surface area contributed by atoms with Crippen LogP contribution >= 0.6 is 0 Å². The summed E-state index contributed by atoms with van der Waals surface area (Å²) < 4.78 is 20.6. The second kappa shape index (κ2) is 10.1. The fraction of sp³-hybridized carbons (Fsp3) is 0.154. The van der Waals surface area contributed by atoms with Crippen LogP contribution in [0.5, 0.6) is 11.5 Å². The minimum absolute atomic E-state index is 0.0399. The first-order valence-corrected chi connectivity index (χ1v) is 10.5. The van der Waals surface area contributed by atoms with Crippen LogP contribution in [0.3, 0.4) is 0 Å². The summed E-state index contributed by atoms with van der Waals surface area (Å²) in [6, 6.07) is 18.2. The van der Waals surface area contributed by atoms with Crippen molar-refractivity contribution in [1.82, 2.24) is 0 Å². The number of carbonyl (C=O) groups excluding carboxylic acids is 4. The Balaban J connectivity index is 1.50. The first kappa shape index (κ1) is 23.5. The number of amides is 1. The average molecular weight is 475 g/mol. The van der Waals surface area contributed by atoms with E-state index in [1.807, 2.05) is 0 Å². The molecule has 0 atom stereocenters. The number of carbonyl (C=O) groups is 4. The van der Waals surface area contributed by atoms with Gasteiger partial charge < -0.3 is 24.3 Å². The summed E-state index contributed by atoms with van der Waals surface area (Å²) in [6.07, 6.45) is 0. The third-order valence-corrected chi connectivity index (χ3v) is 5.32. The van der Waals surface area contributed by atoms with Gasteiger partial charge in [-0.15, -0.1) is 0 Å². The van der Waals surface area contributed by atoms with E-state index < -0.39 is 36.3 Å². The maximum atomic E-state index is 13.1. The van der Waals surface area contributed by atoms with Gasteiger partial charge in [0.2, 0.25) is 0 Å². The van der Waals surface area contributed by atoms with E-state index in [1.54, 1.807) is 48.5 Å². The molecule has 1 aliphatic heterocycles. The van der Waals surface area contributed by atoms with E-state index in [-0.39, 0.29) is 16.8 Å². The normalized spacial score (nSPS) is 11.8. The number of hydrogen-bond donors (Lipinski definition) is 1. The van der Waals surface area contributed by atoms with Gasteiger partial charge in [0.05, 0.1) is 25.3 Å². The van der Waals surface area contributed by atoms with Crippen molar-refractivity contribution >= 4 is 29.5 Å². The van der Waals surface area contributed by atoms with E-state index in [4.69, 9.17) is 9.47 Å². The van der Waals surface area contributed by atoms with Gasteiger partial charge in [0, 0.05) is 16.8 Å². The number of ether oxygens (including phenoxy) is 4. The van der Waals surface area contributed by atoms with Gasteiger partial charge in [0.1, 0.15) is 17.4 Å². The first-order chi connectivity index (χ1) is 16.9. The van der Waals surface area contributed by atoms with Gasteiger partial charge in [-0.25, -0.2) is 9.59 Å². The number of nitrogens with one attached hydrogen (secondary N) is 1. The summed E-state index contributed by atoms with van der Waals surface area (Å²) in [4.78, 5) is 49.5. The molecule has 0 radical (unpaired) electrons. The van der Waals surface area contributed by atoms with Crippen molar-refractivity contribution in [3.63, 3.8) is 0 Å². The zero-order chi connectivity index (χ0) is 24.9. The maximum Gasteiger partial charge on any atom is 0.337 e. The zero-order valence-corrected chi connectivity index (χ0v) is 18.9. The predicted molar refractivity (Wildman–Crippen MR) is 124 cm³/mol. The van der Waals surface area contributed by atoms with Gasteiger partial charge in [0.15, 0.2) is 6.61 Å². The highest BCUT2D eigenvalue weighted by atomic mass is 16.5. The molecule has 1 aliphatic rings. The Morgan fingerprint density at radius 3 is 1.83 bits per heavy atom. The number of para-hydroxylation sites is 2. The van der Waals surface area contributed by atoms with Crippen LogP contribution in [-0.2, 0) is 23.8 Å². The van der Waals surface area contributed by atoms with E-state index in [0.717, 1.165) is 0 Å². The quantitative estimate of drug-likeness (QED) is 0.424. The molecular formula is C26H21NO8. The standard InChI is InChI=1S/C26H21NO8/c1-32-24(29)15-11-16(25(30)33-2)13-17(12-15)27-22(28)14-34-26(31)23-18-7-3-5-9-20(18)35-21-10-6-4-8-19(21)23/h3-13,23H,14H2,1-2H3,(H,27,28). The predicted octanol–water partition coefficient (Wildman–Crippen LogP) is 3.68. The molecule has 0 saturated heterocycles. The third kappa shape index (κ3) is 4.98. The lowest BCUT2D eigenvalue weighted by molar-refractivity contribution is -0.148. The van der Waals surface area contributed by atoms with E-state index >= 15 is 0 Å². The highest BCUT2D eigenvalue weighted by Gasteiger charge is 2.33. The second-order valence-corrected chi connectivity index (χ2v) is 7.55. The monoisotopic (exact) mass is 475 g/mol. The molecule has 3 aromatic carbocycles. The van der Waals surface area contributed by atoms with E-state index in [1.165, 1.54) is 32.4 Å². The molecule has 0 spiro atoms. The van der Waals surface area contributed by atoms with Crippen LogP contribution in [0.15, 0.2) is 66.7 Å². The van der Waals surface area contributed by atoms with E-state index in [2.05, 4.69) is 14.8 Å². The van der Waals surface area contributed by atoms with Crippen molar-refractivity contribution in [2.24, 2.45) is 0 Å². The van der Waals surface area contributed by atoms with E-state index in [9.17, 15) is 19.2 Å². The number of anilines is 1. The molecule has 0 unspecified atom stereocenters. The largest absolute Gasteiger partial charge is 0.465 e. The summed E-state index contributed by atoms with van der Waals surface area (Å²) >= 11 is 0. The molecule has 3 aromatic rings. The van der Waals surface area contributed by atoms with Crippen LogP contribution in [-0.4, -0.2) is 44.6 Å². The number of methoxy groups -OCH3 is 2. The molecule has 0 aromatic heterocycles. The summed E-state index contributed by atoms with van der Waals surface area (Å²) in [5.41, 5.74) is 1.47. The van der Waals surface area contributed by atoms with Gasteiger partial charge in [-0.1, -0.05) is 36.4 Å². The summed E-state index contributed by atoms with van der Waals surface area (Å²) in [5.74, 6) is -2.38. The van der Waals surface area contributed by atoms with Crippen LogP contribution in [0.2, 0.25) is 0 Å². The molecule has 4 rings (SSSR count). The van der Waals surface area contributed by atoms with Crippen molar-refractivity contribution in [3.05, 3.63) is 89.0 Å². The summed E-state index contributed by atoms with van der Waals surface area (Å²) in [6.45, 7) is -0.587. The Kier molecular flexibility index (Phi) is 6.77. The van der Waals surface area contributed by atoms with Crippen molar-refractivity contribution in [2.75, 3.05) is 26.1 Å². The van der Waals surface area contributed by atoms with Gasteiger partial charge in [-0.05, 0) is 30.3 Å². The molecular weight excluding hydrogens is 454 g/mol. The number of benzene rings is 3. The van der Waals surface area contributed by atoms with Gasteiger partial charge >= 0.3 is 17.9 Å². The van der Waals surface area contributed by atoms with Crippen molar-refractivity contribution < 1.29 is 38.1 Å².